The minimum atomic E-state index is -0.207. The van der Waals surface area contributed by atoms with Gasteiger partial charge >= 0.3 is 0 Å². The van der Waals surface area contributed by atoms with Crippen LogP contribution in [0.25, 0.3) is 0 Å². The fourth-order valence-electron chi connectivity index (χ4n) is 2.90. The number of hydrogen-bond acceptors (Lipinski definition) is 5. The molecule has 0 bridgehead atoms. The smallest absolute Gasteiger partial charge is 0.251 e. The predicted molar refractivity (Wildman–Crippen MR) is 107 cm³/mol. The summed E-state index contributed by atoms with van der Waals surface area (Å²) in [6.07, 6.45) is 0. The lowest BCUT2D eigenvalue weighted by molar-refractivity contribution is -0.115. The number of rotatable bonds is 3. The van der Waals surface area contributed by atoms with E-state index in [9.17, 15) is 9.59 Å². The lowest BCUT2D eigenvalue weighted by Crippen LogP contribution is -2.27. The van der Waals surface area contributed by atoms with E-state index < -0.39 is 0 Å². The summed E-state index contributed by atoms with van der Waals surface area (Å²) in [7, 11) is 0. The first-order valence-electron chi connectivity index (χ1n) is 8.49. The van der Waals surface area contributed by atoms with Gasteiger partial charge in [0.2, 0.25) is 5.91 Å². The maximum Gasteiger partial charge on any atom is 0.251 e. The maximum atomic E-state index is 12.5. The number of fused-ring (bicyclic) bond motifs is 2. The van der Waals surface area contributed by atoms with Crippen LogP contribution in [0.4, 0.5) is 5.69 Å². The first-order chi connectivity index (χ1) is 13.0. The molecule has 0 aromatic heterocycles. The first kappa shape index (κ1) is 18.2. The van der Waals surface area contributed by atoms with Crippen LogP contribution in [0.1, 0.15) is 22.8 Å². The Morgan fingerprint density at radius 3 is 2.96 bits per heavy atom. The van der Waals surface area contributed by atoms with Crippen LogP contribution in [0, 0.1) is 0 Å². The molecule has 0 unspecified atom stereocenters. The molecule has 0 aliphatic carbocycles. The molecule has 2 heterocycles. The highest BCUT2D eigenvalue weighted by Gasteiger charge is 2.24. The van der Waals surface area contributed by atoms with Crippen molar-refractivity contribution in [2.75, 3.05) is 18.5 Å². The van der Waals surface area contributed by atoms with Crippen LogP contribution in [0.5, 0.6) is 11.5 Å². The lowest BCUT2D eigenvalue weighted by atomic mass is 10.1. The van der Waals surface area contributed by atoms with Crippen molar-refractivity contribution in [3.63, 3.8) is 0 Å². The standard InChI is InChI=1S/C19H17BrN2O4S/c1-10-18(23)22-14-8-12(2-3-16(14)27-10)19(24)21-9-11-6-13(20)17-15(7-11)25-4-5-26-17/h2-3,6-8,10H,4-5,9H2,1H3,(H,21,24)(H,22,23)/t10-/m1/s1. The van der Waals surface area contributed by atoms with Crippen molar-refractivity contribution in [1.82, 2.24) is 5.32 Å². The third-order valence-corrected chi connectivity index (χ3v) is 6.05. The number of halogens is 1. The Labute approximate surface area is 169 Å². The molecule has 1 atom stereocenters. The molecule has 2 aliphatic heterocycles. The van der Waals surface area contributed by atoms with E-state index in [1.165, 1.54) is 11.8 Å². The number of carbonyl (C=O) groups excluding carboxylic acids is 2. The summed E-state index contributed by atoms with van der Waals surface area (Å²) in [5, 5.41) is 5.61. The third-order valence-electron chi connectivity index (χ3n) is 4.28. The molecule has 0 saturated heterocycles. The van der Waals surface area contributed by atoms with Crippen LogP contribution < -0.4 is 20.1 Å². The number of amides is 2. The van der Waals surface area contributed by atoms with E-state index in [1.807, 2.05) is 25.1 Å². The minimum absolute atomic E-state index is 0.0498. The highest BCUT2D eigenvalue weighted by molar-refractivity contribution is 9.10. The Balaban J connectivity index is 1.47. The van der Waals surface area contributed by atoms with E-state index in [1.54, 1.807) is 12.1 Å². The second-order valence-corrected chi connectivity index (χ2v) is 8.48. The molecule has 2 aliphatic rings. The molecule has 27 heavy (non-hydrogen) atoms. The minimum Gasteiger partial charge on any atom is -0.486 e. The molecule has 2 N–H and O–H groups in total. The molecular weight excluding hydrogens is 432 g/mol. The molecule has 2 amide bonds. The van der Waals surface area contributed by atoms with Crippen molar-refractivity contribution in [3.05, 3.63) is 45.9 Å². The van der Waals surface area contributed by atoms with Crippen LogP contribution in [-0.4, -0.2) is 30.3 Å². The van der Waals surface area contributed by atoms with Crippen LogP contribution in [0.2, 0.25) is 0 Å². The van der Waals surface area contributed by atoms with Gasteiger partial charge in [-0.25, -0.2) is 0 Å². The van der Waals surface area contributed by atoms with Gasteiger partial charge in [0.15, 0.2) is 11.5 Å². The summed E-state index contributed by atoms with van der Waals surface area (Å²) in [4.78, 5) is 25.3. The topological polar surface area (TPSA) is 76.7 Å². The molecule has 140 valence electrons. The van der Waals surface area contributed by atoms with Crippen molar-refractivity contribution in [1.29, 1.82) is 0 Å². The summed E-state index contributed by atoms with van der Waals surface area (Å²) >= 11 is 4.97. The van der Waals surface area contributed by atoms with Crippen LogP contribution in [-0.2, 0) is 11.3 Å². The van der Waals surface area contributed by atoms with Gasteiger partial charge in [0, 0.05) is 17.0 Å². The average molecular weight is 449 g/mol. The SMILES string of the molecule is C[C@H]1Sc2ccc(C(=O)NCc3cc(Br)c4c(c3)OCCO4)cc2NC1=O. The molecule has 0 saturated carbocycles. The largest absolute Gasteiger partial charge is 0.486 e. The number of anilines is 1. The Morgan fingerprint density at radius 2 is 2.11 bits per heavy atom. The van der Waals surface area contributed by atoms with E-state index in [0.717, 1.165) is 14.9 Å². The molecular formula is C19H17BrN2O4S. The van der Waals surface area contributed by atoms with Crippen molar-refractivity contribution >= 4 is 45.2 Å². The van der Waals surface area contributed by atoms with E-state index in [2.05, 4.69) is 26.6 Å². The van der Waals surface area contributed by atoms with Gasteiger partial charge in [0.05, 0.1) is 15.4 Å². The number of thioether (sulfide) groups is 1. The summed E-state index contributed by atoms with van der Waals surface area (Å²) in [6, 6.07) is 9.11. The predicted octanol–water partition coefficient (Wildman–Crippen LogP) is 3.58. The van der Waals surface area contributed by atoms with Gasteiger partial charge in [-0.3, -0.25) is 9.59 Å². The zero-order valence-electron chi connectivity index (χ0n) is 14.5. The monoisotopic (exact) mass is 448 g/mol. The summed E-state index contributed by atoms with van der Waals surface area (Å²) < 4.78 is 12.0. The van der Waals surface area contributed by atoms with Gasteiger partial charge in [0.25, 0.3) is 5.91 Å². The summed E-state index contributed by atoms with van der Waals surface area (Å²) in [6.45, 7) is 3.23. The average Bonchev–Trinajstić information content (AvgIpc) is 2.67. The Kier molecular flexibility index (Phi) is 5.01. The third kappa shape index (κ3) is 3.77. The van der Waals surface area contributed by atoms with E-state index in [-0.39, 0.29) is 17.1 Å². The number of ether oxygens (including phenoxy) is 2. The number of nitrogens with one attached hydrogen (secondary N) is 2. The van der Waals surface area contributed by atoms with Crippen molar-refractivity contribution < 1.29 is 19.1 Å². The highest BCUT2D eigenvalue weighted by Crippen LogP contribution is 2.39. The van der Waals surface area contributed by atoms with Crippen molar-refractivity contribution in [2.45, 2.75) is 23.6 Å². The molecule has 4 rings (SSSR count). The van der Waals surface area contributed by atoms with Crippen LogP contribution in [0.15, 0.2) is 39.7 Å². The molecule has 0 fully saturated rings. The second kappa shape index (κ2) is 7.44. The van der Waals surface area contributed by atoms with Gasteiger partial charge in [-0.1, -0.05) is 0 Å². The second-order valence-electron chi connectivity index (χ2n) is 6.24. The molecule has 8 heteroatoms. The number of benzene rings is 2. The van der Waals surface area contributed by atoms with Crippen molar-refractivity contribution in [3.8, 4) is 11.5 Å². The van der Waals surface area contributed by atoms with E-state index in [4.69, 9.17) is 9.47 Å². The zero-order valence-corrected chi connectivity index (χ0v) is 16.9. The molecule has 6 nitrogen and oxygen atoms in total. The Morgan fingerprint density at radius 1 is 1.30 bits per heavy atom. The fraction of sp³-hybridized carbons (Fsp3) is 0.263. The maximum absolute atomic E-state index is 12.5. The summed E-state index contributed by atoms with van der Waals surface area (Å²) in [5.74, 6) is 1.10. The number of hydrogen-bond donors (Lipinski definition) is 2. The number of carbonyl (C=O) groups is 2. The van der Waals surface area contributed by atoms with Gasteiger partial charge in [-0.15, -0.1) is 11.8 Å². The van der Waals surface area contributed by atoms with Gasteiger partial charge in [-0.2, -0.15) is 0 Å². The fourth-order valence-corrected chi connectivity index (χ4v) is 4.44. The molecule has 0 spiro atoms. The van der Waals surface area contributed by atoms with Crippen LogP contribution >= 0.6 is 27.7 Å². The first-order valence-corrected chi connectivity index (χ1v) is 10.2. The van der Waals surface area contributed by atoms with E-state index >= 15 is 0 Å². The molecule has 2 aromatic rings. The highest BCUT2D eigenvalue weighted by atomic mass is 79.9. The van der Waals surface area contributed by atoms with Gasteiger partial charge in [-0.05, 0) is 58.7 Å². The van der Waals surface area contributed by atoms with E-state index in [0.29, 0.717) is 42.5 Å². The summed E-state index contributed by atoms with van der Waals surface area (Å²) in [5.41, 5.74) is 2.08. The van der Waals surface area contributed by atoms with Crippen LogP contribution in [0.3, 0.4) is 0 Å². The quantitative estimate of drug-likeness (QED) is 0.749. The lowest BCUT2D eigenvalue weighted by Gasteiger charge is -2.22. The van der Waals surface area contributed by atoms with Crippen molar-refractivity contribution in [2.24, 2.45) is 0 Å². The van der Waals surface area contributed by atoms with Gasteiger partial charge in [0.1, 0.15) is 13.2 Å². The molecule has 2 aromatic carbocycles. The Hall–Kier alpha value is -2.19. The van der Waals surface area contributed by atoms with Gasteiger partial charge < -0.3 is 20.1 Å². The zero-order chi connectivity index (χ0) is 19.0. The Bertz CT molecular complexity index is 934. The normalized spacial score (nSPS) is 17.7. The molecule has 0 radical (unpaired) electrons.